The van der Waals surface area contributed by atoms with Gasteiger partial charge in [0.25, 0.3) is 5.91 Å². The van der Waals surface area contributed by atoms with Gasteiger partial charge in [0.1, 0.15) is 5.69 Å². The average molecular weight is 400 g/mol. The zero-order valence-electron chi connectivity index (χ0n) is 16.0. The average Bonchev–Trinajstić information content (AvgIpc) is 3.07. The van der Waals surface area contributed by atoms with Gasteiger partial charge < -0.3 is 9.80 Å². The second kappa shape index (κ2) is 7.54. The molecule has 148 valence electrons. The van der Waals surface area contributed by atoms with Crippen LogP contribution in [0.4, 0.5) is 11.4 Å². The van der Waals surface area contributed by atoms with Gasteiger partial charge in [-0.25, -0.2) is 8.42 Å². The molecular weight excluding hydrogens is 374 g/mol. The number of hydrogen-bond acceptors (Lipinski definition) is 5. The van der Waals surface area contributed by atoms with Gasteiger partial charge >= 0.3 is 0 Å². The molecule has 0 saturated carbocycles. The first-order valence-electron chi connectivity index (χ1n) is 9.81. The molecule has 2 aromatic rings. The Morgan fingerprint density at radius 3 is 2.86 bits per heavy atom. The molecule has 0 radical (unpaired) electrons. The van der Waals surface area contributed by atoms with E-state index in [-0.39, 0.29) is 23.5 Å². The van der Waals surface area contributed by atoms with Gasteiger partial charge in [-0.15, -0.1) is 0 Å². The third-order valence-electron chi connectivity index (χ3n) is 5.64. The normalized spacial score (nSPS) is 20.6. The molecule has 1 amide bonds. The molecule has 1 unspecified atom stereocenters. The predicted molar refractivity (Wildman–Crippen MR) is 110 cm³/mol. The van der Waals surface area contributed by atoms with Crippen LogP contribution < -0.4 is 4.90 Å². The van der Waals surface area contributed by atoms with Crippen molar-refractivity contribution >= 4 is 27.1 Å². The molecule has 3 heterocycles. The highest BCUT2D eigenvalue weighted by molar-refractivity contribution is 7.91. The van der Waals surface area contributed by atoms with E-state index in [4.69, 9.17) is 0 Å². The molecule has 0 N–H and O–H groups in total. The minimum atomic E-state index is -3.05. The number of pyridine rings is 1. The molecule has 1 atom stereocenters. The highest BCUT2D eigenvalue weighted by Gasteiger charge is 2.34. The third-order valence-corrected chi connectivity index (χ3v) is 7.39. The highest BCUT2D eigenvalue weighted by atomic mass is 32.2. The van der Waals surface area contributed by atoms with E-state index in [1.165, 1.54) is 11.3 Å². The van der Waals surface area contributed by atoms with Gasteiger partial charge in [0.15, 0.2) is 9.84 Å². The number of para-hydroxylation sites is 1. The molecule has 0 bridgehead atoms. The van der Waals surface area contributed by atoms with Gasteiger partial charge in [0.05, 0.1) is 11.5 Å². The fourth-order valence-electron chi connectivity index (χ4n) is 4.24. The summed E-state index contributed by atoms with van der Waals surface area (Å²) in [6, 6.07) is 11.8. The van der Waals surface area contributed by atoms with E-state index in [2.05, 4.69) is 28.1 Å². The summed E-state index contributed by atoms with van der Waals surface area (Å²) in [4.78, 5) is 21.3. The molecule has 0 spiro atoms. The maximum absolute atomic E-state index is 13.1. The molecule has 2 aliphatic heterocycles. The summed E-state index contributed by atoms with van der Waals surface area (Å²) in [7, 11) is -3.05. The van der Waals surface area contributed by atoms with Crippen LogP contribution in [-0.2, 0) is 16.3 Å². The number of aryl methyl sites for hydroxylation is 1. The van der Waals surface area contributed by atoms with Gasteiger partial charge in [-0.2, -0.15) is 0 Å². The number of amides is 1. The predicted octanol–water partition coefficient (Wildman–Crippen LogP) is 2.82. The number of carbonyl (C=O) groups excluding carboxylic acids is 1. The molecule has 0 aliphatic carbocycles. The first-order chi connectivity index (χ1) is 13.5. The van der Waals surface area contributed by atoms with Crippen LogP contribution in [0.2, 0.25) is 0 Å². The van der Waals surface area contributed by atoms with Crippen LogP contribution in [0.5, 0.6) is 0 Å². The second-order valence-electron chi connectivity index (χ2n) is 7.43. The van der Waals surface area contributed by atoms with E-state index in [0.717, 1.165) is 25.1 Å². The maximum Gasteiger partial charge on any atom is 0.272 e. The van der Waals surface area contributed by atoms with Crippen molar-refractivity contribution in [2.24, 2.45) is 0 Å². The van der Waals surface area contributed by atoms with Gasteiger partial charge in [0, 0.05) is 36.7 Å². The Bertz CT molecular complexity index is 990. The third kappa shape index (κ3) is 3.63. The lowest BCUT2D eigenvalue weighted by atomic mass is 10.0. The fourth-order valence-corrected chi connectivity index (χ4v) is 5.97. The van der Waals surface area contributed by atoms with E-state index in [1.54, 1.807) is 11.1 Å². The summed E-state index contributed by atoms with van der Waals surface area (Å²) >= 11 is 0. The number of anilines is 2. The monoisotopic (exact) mass is 399 g/mol. The first-order valence-corrected chi connectivity index (χ1v) is 11.6. The zero-order chi connectivity index (χ0) is 19.7. The van der Waals surface area contributed by atoms with Crippen molar-refractivity contribution in [3.05, 3.63) is 53.9 Å². The molecule has 1 saturated heterocycles. The van der Waals surface area contributed by atoms with Gasteiger partial charge in [-0.05, 0) is 49.9 Å². The number of aromatic nitrogens is 1. The summed E-state index contributed by atoms with van der Waals surface area (Å²) < 4.78 is 23.7. The van der Waals surface area contributed by atoms with Crippen LogP contribution in [-0.4, -0.2) is 54.8 Å². The number of nitrogens with zero attached hydrogens (tertiary/aromatic N) is 3. The van der Waals surface area contributed by atoms with E-state index >= 15 is 0 Å². The number of carbonyl (C=O) groups is 1. The van der Waals surface area contributed by atoms with Crippen LogP contribution in [0.15, 0.2) is 42.6 Å². The van der Waals surface area contributed by atoms with Crippen molar-refractivity contribution in [2.75, 3.05) is 29.5 Å². The van der Waals surface area contributed by atoms with Crippen LogP contribution in [0.1, 0.15) is 35.8 Å². The largest absolute Gasteiger partial charge is 0.341 e. The summed E-state index contributed by atoms with van der Waals surface area (Å²) in [6.07, 6.45) is 4.28. The standard InChI is InChI=1S/C21H25N3O3S/c1-2-23(18-10-13-28(26,27)15-18)21(25)19-14-17(9-11-22-19)24-12-5-7-16-6-3-4-8-20(16)24/h3-4,6,8-9,11,14,18H,2,5,7,10,12-13,15H2,1H3. The lowest BCUT2D eigenvalue weighted by Crippen LogP contribution is -2.41. The lowest BCUT2D eigenvalue weighted by Gasteiger charge is -2.32. The topological polar surface area (TPSA) is 70.6 Å². The van der Waals surface area contributed by atoms with Crippen molar-refractivity contribution in [2.45, 2.75) is 32.2 Å². The second-order valence-corrected chi connectivity index (χ2v) is 9.66. The molecule has 2 aliphatic rings. The first kappa shape index (κ1) is 18.9. The van der Waals surface area contributed by atoms with Crippen molar-refractivity contribution in [1.82, 2.24) is 9.88 Å². The Morgan fingerprint density at radius 2 is 2.11 bits per heavy atom. The maximum atomic E-state index is 13.1. The van der Waals surface area contributed by atoms with E-state index < -0.39 is 9.84 Å². The Kier molecular flexibility index (Phi) is 5.10. The minimum absolute atomic E-state index is 0.0474. The van der Waals surface area contributed by atoms with Crippen LogP contribution in [0.3, 0.4) is 0 Å². The van der Waals surface area contributed by atoms with Crippen LogP contribution in [0, 0.1) is 0 Å². The van der Waals surface area contributed by atoms with Crippen LogP contribution in [0.25, 0.3) is 0 Å². The Balaban J connectivity index is 1.61. The summed E-state index contributed by atoms with van der Waals surface area (Å²) in [5.74, 6) is 0.00219. The molecule has 4 rings (SSSR count). The van der Waals surface area contributed by atoms with Crippen LogP contribution >= 0.6 is 0 Å². The minimum Gasteiger partial charge on any atom is -0.341 e. The van der Waals surface area contributed by atoms with Crippen molar-refractivity contribution in [1.29, 1.82) is 0 Å². The molecule has 1 fully saturated rings. The SMILES string of the molecule is CCN(C(=O)c1cc(N2CCCc3ccccc32)ccn1)C1CCS(=O)(=O)C1. The number of sulfone groups is 1. The van der Waals surface area contributed by atoms with E-state index in [9.17, 15) is 13.2 Å². The molecule has 1 aromatic carbocycles. The lowest BCUT2D eigenvalue weighted by molar-refractivity contribution is 0.0702. The summed E-state index contributed by atoms with van der Waals surface area (Å²) in [6.45, 7) is 3.25. The van der Waals surface area contributed by atoms with Gasteiger partial charge in [-0.1, -0.05) is 18.2 Å². The Morgan fingerprint density at radius 1 is 1.29 bits per heavy atom. The summed E-state index contributed by atoms with van der Waals surface area (Å²) in [5, 5.41) is 0. The summed E-state index contributed by atoms with van der Waals surface area (Å²) in [5.41, 5.74) is 3.80. The molecule has 28 heavy (non-hydrogen) atoms. The van der Waals surface area contributed by atoms with E-state index in [1.807, 2.05) is 25.1 Å². The zero-order valence-corrected chi connectivity index (χ0v) is 16.9. The van der Waals surface area contributed by atoms with Crippen molar-refractivity contribution in [3.63, 3.8) is 0 Å². The molecular formula is C21H25N3O3S. The number of rotatable bonds is 4. The van der Waals surface area contributed by atoms with E-state index in [0.29, 0.717) is 18.7 Å². The van der Waals surface area contributed by atoms with Gasteiger partial charge in [-0.3, -0.25) is 9.78 Å². The molecule has 1 aromatic heterocycles. The van der Waals surface area contributed by atoms with Gasteiger partial charge in [0.2, 0.25) is 0 Å². The van der Waals surface area contributed by atoms with Crippen molar-refractivity contribution in [3.8, 4) is 0 Å². The Labute approximate surface area is 166 Å². The van der Waals surface area contributed by atoms with Crippen molar-refractivity contribution < 1.29 is 13.2 Å². The number of benzene rings is 1. The quantitative estimate of drug-likeness (QED) is 0.791. The molecule has 7 heteroatoms. The number of fused-ring (bicyclic) bond motifs is 1. The fraction of sp³-hybridized carbons (Fsp3) is 0.429. The molecule has 6 nitrogen and oxygen atoms in total. The number of hydrogen-bond donors (Lipinski definition) is 0. The highest BCUT2D eigenvalue weighted by Crippen LogP contribution is 2.33. The smallest absolute Gasteiger partial charge is 0.272 e. The Hall–Kier alpha value is -2.41.